The van der Waals surface area contributed by atoms with Crippen molar-refractivity contribution in [3.63, 3.8) is 0 Å². The standard InChI is InChI=1S/C25H29N2/c1-17-11-5-10-16-23(17)26-18(2)24-21-14-8-9-15-22(21)25(4,27(24)19(26)3)20-12-6-7-13-20/h5,8-11,14-16,20H,6-7,12-13H2,1-4H3/q+1. The molecule has 0 saturated heterocycles. The van der Waals surface area contributed by atoms with Crippen molar-refractivity contribution in [2.75, 3.05) is 0 Å². The third-order valence-electron chi connectivity index (χ3n) is 7.25. The summed E-state index contributed by atoms with van der Waals surface area (Å²) in [6.07, 6.45) is 5.42. The Morgan fingerprint density at radius 2 is 1.59 bits per heavy atom. The molecule has 2 nitrogen and oxygen atoms in total. The molecule has 0 amide bonds. The Hall–Kier alpha value is -2.35. The summed E-state index contributed by atoms with van der Waals surface area (Å²) in [4.78, 5) is 0. The maximum atomic E-state index is 2.68. The van der Waals surface area contributed by atoms with Gasteiger partial charge in [-0.25, -0.2) is 4.57 Å². The van der Waals surface area contributed by atoms with Crippen molar-refractivity contribution in [2.45, 2.75) is 58.9 Å². The first-order valence-corrected chi connectivity index (χ1v) is 10.4. The van der Waals surface area contributed by atoms with E-state index in [0.717, 1.165) is 5.92 Å². The van der Waals surface area contributed by atoms with Crippen LogP contribution in [0.1, 0.15) is 55.3 Å². The fourth-order valence-corrected chi connectivity index (χ4v) is 5.97. The third kappa shape index (κ3) is 2.10. The largest absolute Gasteiger partial charge is 0.259 e. The van der Waals surface area contributed by atoms with Crippen LogP contribution in [0.2, 0.25) is 0 Å². The van der Waals surface area contributed by atoms with Gasteiger partial charge < -0.3 is 0 Å². The zero-order chi connectivity index (χ0) is 18.8. The Balaban J connectivity index is 1.84. The lowest BCUT2D eigenvalue weighted by atomic mass is 9.78. The number of hydrogen-bond donors (Lipinski definition) is 0. The van der Waals surface area contributed by atoms with Crippen molar-refractivity contribution in [3.8, 4) is 16.9 Å². The van der Waals surface area contributed by atoms with Crippen molar-refractivity contribution in [1.82, 2.24) is 4.57 Å². The van der Waals surface area contributed by atoms with Crippen LogP contribution in [0, 0.1) is 26.7 Å². The molecule has 1 aliphatic carbocycles. The van der Waals surface area contributed by atoms with Gasteiger partial charge in [-0.3, -0.25) is 0 Å². The van der Waals surface area contributed by atoms with E-state index >= 15 is 0 Å². The Kier molecular flexibility index (Phi) is 3.62. The molecule has 1 saturated carbocycles. The van der Waals surface area contributed by atoms with E-state index in [1.165, 1.54) is 65.3 Å². The maximum Gasteiger partial charge on any atom is 0.259 e. The van der Waals surface area contributed by atoms with E-state index in [2.05, 4.69) is 85.4 Å². The van der Waals surface area contributed by atoms with Crippen molar-refractivity contribution in [3.05, 3.63) is 71.2 Å². The van der Waals surface area contributed by atoms with Gasteiger partial charge in [0, 0.05) is 30.9 Å². The highest BCUT2D eigenvalue weighted by molar-refractivity contribution is 5.69. The second kappa shape index (κ2) is 5.82. The van der Waals surface area contributed by atoms with Gasteiger partial charge in [0.2, 0.25) is 0 Å². The molecule has 27 heavy (non-hydrogen) atoms. The Morgan fingerprint density at radius 3 is 2.33 bits per heavy atom. The molecule has 2 aromatic carbocycles. The summed E-state index contributed by atoms with van der Waals surface area (Å²) >= 11 is 0. The van der Waals surface area contributed by atoms with Gasteiger partial charge in [0.1, 0.15) is 11.2 Å². The van der Waals surface area contributed by atoms with Gasteiger partial charge in [0.05, 0.1) is 0 Å². The Bertz CT molecular complexity index is 1040. The smallest absolute Gasteiger partial charge is 0.217 e. The van der Waals surface area contributed by atoms with Crippen LogP contribution in [0.15, 0.2) is 48.5 Å². The lowest BCUT2D eigenvalue weighted by Crippen LogP contribution is -2.58. The van der Waals surface area contributed by atoms with Crippen LogP contribution in [0.25, 0.3) is 16.9 Å². The van der Waals surface area contributed by atoms with Gasteiger partial charge in [0.25, 0.3) is 5.82 Å². The van der Waals surface area contributed by atoms with E-state index in [1.807, 2.05) is 0 Å². The molecule has 1 atom stereocenters. The van der Waals surface area contributed by atoms with Gasteiger partial charge in [-0.05, 0) is 38.3 Å². The minimum absolute atomic E-state index is 0.0607. The van der Waals surface area contributed by atoms with Crippen molar-refractivity contribution >= 4 is 0 Å². The highest BCUT2D eigenvalue weighted by Gasteiger charge is 2.53. The Labute approximate surface area is 162 Å². The summed E-state index contributed by atoms with van der Waals surface area (Å²) < 4.78 is 5.16. The predicted octanol–water partition coefficient (Wildman–Crippen LogP) is 5.62. The highest BCUT2D eigenvalue weighted by Crippen LogP contribution is 2.49. The molecule has 0 spiro atoms. The molecule has 0 radical (unpaired) electrons. The zero-order valence-electron chi connectivity index (χ0n) is 16.9. The van der Waals surface area contributed by atoms with Gasteiger partial charge >= 0.3 is 0 Å². The minimum atomic E-state index is 0.0607. The average molecular weight is 358 g/mol. The second-order valence-corrected chi connectivity index (χ2v) is 8.61. The highest BCUT2D eigenvalue weighted by atomic mass is 15.2. The molecule has 5 rings (SSSR count). The van der Waals surface area contributed by atoms with E-state index in [9.17, 15) is 0 Å². The van der Waals surface area contributed by atoms with E-state index in [0.29, 0.717) is 0 Å². The topological polar surface area (TPSA) is 8.81 Å². The first-order valence-electron chi connectivity index (χ1n) is 10.4. The van der Waals surface area contributed by atoms with Crippen molar-refractivity contribution in [2.24, 2.45) is 5.92 Å². The van der Waals surface area contributed by atoms with Crippen LogP contribution in [-0.2, 0) is 5.54 Å². The van der Waals surface area contributed by atoms with E-state index < -0.39 is 0 Å². The number of rotatable bonds is 2. The molecule has 138 valence electrons. The monoisotopic (exact) mass is 357 g/mol. The molecule has 2 heteroatoms. The zero-order valence-corrected chi connectivity index (χ0v) is 16.9. The van der Waals surface area contributed by atoms with Gasteiger partial charge in [-0.15, -0.1) is 0 Å². The molecule has 2 heterocycles. The van der Waals surface area contributed by atoms with Crippen LogP contribution in [-0.4, -0.2) is 4.57 Å². The second-order valence-electron chi connectivity index (χ2n) is 8.61. The number of hydrogen-bond acceptors (Lipinski definition) is 0. The van der Waals surface area contributed by atoms with Crippen LogP contribution in [0.5, 0.6) is 0 Å². The fourth-order valence-electron chi connectivity index (χ4n) is 5.97. The normalized spacial score (nSPS) is 21.5. The fraction of sp³-hybridized carbons (Fsp3) is 0.400. The molecule has 2 aliphatic rings. The number of fused-ring (bicyclic) bond motifs is 3. The van der Waals surface area contributed by atoms with E-state index in [-0.39, 0.29) is 5.54 Å². The summed E-state index contributed by atoms with van der Waals surface area (Å²) in [7, 11) is 0. The lowest BCUT2D eigenvalue weighted by molar-refractivity contribution is -0.748. The number of nitrogens with zero attached hydrogens (tertiary/aromatic N) is 2. The van der Waals surface area contributed by atoms with Gasteiger partial charge in [0.15, 0.2) is 11.4 Å². The molecule has 1 fully saturated rings. The minimum Gasteiger partial charge on any atom is -0.217 e. The molecule has 1 aliphatic heterocycles. The molecule has 1 aromatic heterocycles. The summed E-state index contributed by atoms with van der Waals surface area (Å²) in [6.45, 7) is 9.31. The number of imidazole rings is 1. The maximum absolute atomic E-state index is 2.68. The van der Waals surface area contributed by atoms with Crippen LogP contribution >= 0.6 is 0 Å². The van der Waals surface area contributed by atoms with E-state index in [1.54, 1.807) is 0 Å². The number of benzene rings is 2. The van der Waals surface area contributed by atoms with Crippen LogP contribution in [0.4, 0.5) is 0 Å². The predicted molar refractivity (Wildman–Crippen MR) is 110 cm³/mol. The summed E-state index contributed by atoms with van der Waals surface area (Å²) in [6, 6.07) is 17.9. The average Bonchev–Trinajstić information content (AvgIpc) is 3.35. The summed E-state index contributed by atoms with van der Waals surface area (Å²) in [5, 5.41) is 0. The molecule has 3 aromatic rings. The van der Waals surface area contributed by atoms with Crippen LogP contribution in [0.3, 0.4) is 0 Å². The third-order valence-corrected chi connectivity index (χ3v) is 7.25. The Morgan fingerprint density at radius 1 is 0.926 bits per heavy atom. The number of para-hydroxylation sites is 1. The molecular weight excluding hydrogens is 328 g/mol. The number of aromatic nitrogens is 2. The van der Waals surface area contributed by atoms with E-state index in [4.69, 9.17) is 0 Å². The quantitative estimate of drug-likeness (QED) is 0.526. The lowest BCUT2D eigenvalue weighted by Gasteiger charge is -2.31. The van der Waals surface area contributed by atoms with Gasteiger partial charge in [-0.2, -0.15) is 4.57 Å². The molecule has 0 N–H and O–H groups in total. The summed E-state index contributed by atoms with van der Waals surface area (Å²) in [5.74, 6) is 2.07. The molecular formula is C25H29N2+. The molecule has 0 bridgehead atoms. The first-order chi connectivity index (χ1) is 13.0. The summed E-state index contributed by atoms with van der Waals surface area (Å²) in [5.41, 5.74) is 8.42. The van der Waals surface area contributed by atoms with Crippen LogP contribution < -0.4 is 4.57 Å². The molecule has 1 unspecified atom stereocenters. The first kappa shape index (κ1) is 16.8. The van der Waals surface area contributed by atoms with Crippen molar-refractivity contribution in [1.29, 1.82) is 0 Å². The van der Waals surface area contributed by atoms with Gasteiger partial charge in [-0.1, -0.05) is 55.3 Å². The van der Waals surface area contributed by atoms with Crippen molar-refractivity contribution < 1.29 is 4.57 Å². The SMILES string of the molecule is Cc1ccccc1-n1c(C)c2[n+](c1C)C(C)(C1CCCC1)c1ccccc1-2. The number of aryl methyl sites for hydroxylation is 1.